The van der Waals surface area contributed by atoms with Crippen LogP contribution < -0.4 is 5.32 Å². The van der Waals surface area contributed by atoms with E-state index < -0.39 is 0 Å². The molecule has 168 valence electrons. The lowest BCUT2D eigenvalue weighted by atomic mass is 9.78. The van der Waals surface area contributed by atoms with Crippen molar-refractivity contribution in [2.45, 2.75) is 57.4 Å². The number of para-hydroxylation sites is 1. The van der Waals surface area contributed by atoms with Crippen LogP contribution in [0.4, 0.5) is 10.5 Å². The molecule has 1 N–H and O–H groups in total. The van der Waals surface area contributed by atoms with Gasteiger partial charge in [-0.15, -0.1) is 0 Å². The molecule has 3 amide bonds. The van der Waals surface area contributed by atoms with Crippen LogP contribution in [0, 0.1) is 11.8 Å². The highest BCUT2D eigenvalue weighted by molar-refractivity contribution is 5.89. The Labute approximate surface area is 184 Å². The monoisotopic (exact) mass is 427 g/mol. The lowest BCUT2D eigenvalue weighted by Gasteiger charge is -2.44. The first-order chi connectivity index (χ1) is 15.1. The van der Waals surface area contributed by atoms with E-state index in [1.165, 1.54) is 25.7 Å². The second kappa shape index (κ2) is 10.2. The summed E-state index contributed by atoms with van der Waals surface area (Å²) in [5.41, 5.74) is 0.755. The number of ether oxygens (including phenoxy) is 1. The molecule has 2 saturated heterocycles. The number of hydrogen-bond donors (Lipinski definition) is 1. The molecule has 31 heavy (non-hydrogen) atoms. The Hall–Kier alpha value is -2.57. The number of benzene rings is 1. The molecule has 1 aromatic rings. The minimum Gasteiger partial charge on any atom is -0.455 e. The van der Waals surface area contributed by atoms with Crippen LogP contribution in [0.15, 0.2) is 30.3 Å². The summed E-state index contributed by atoms with van der Waals surface area (Å²) >= 11 is 0. The molecule has 3 fully saturated rings. The summed E-state index contributed by atoms with van der Waals surface area (Å²) in [6.07, 6.45) is 8.11. The summed E-state index contributed by atoms with van der Waals surface area (Å²) in [6.45, 7) is 1.63. The zero-order valence-electron chi connectivity index (χ0n) is 18.1. The molecule has 1 aromatic carbocycles. The number of carbonyl (C=O) groups is 3. The number of anilines is 1. The molecule has 1 saturated carbocycles. The van der Waals surface area contributed by atoms with Gasteiger partial charge in [-0.1, -0.05) is 31.0 Å². The Balaban J connectivity index is 1.20. The molecule has 0 spiro atoms. The van der Waals surface area contributed by atoms with Crippen LogP contribution in [-0.4, -0.2) is 60.0 Å². The van der Waals surface area contributed by atoms with Gasteiger partial charge in [0.05, 0.1) is 5.92 Å². The third-order valence-electron chi connectivity index (χ3n) is 7.04. The van der Waals surface area contributed by atoms with E-state index in [2.05, 4.69) is 5.32 Å². The fourth-order valence-corrected chi connectivity index (χ4v) is 5.31. The average Bonchev–Trinajstić information content (AvgIpc) is 2.82. The number of rotatable bonds is 4. The van der Waals surface area contributed by atoms with Gasteiger partial charge in [-0.25, -0.2) is 4.79 Å². The van der Waals surface area contributed by atoms with Gasteiger partial charge in [-0.05, 0) is 56.6 Å². The van der Waals surface area contributed by atoms with Crippen molar-refractivity contribution < 1.29 is 19.1 Å². The van der Waals surface area contributed by atoms with Crippen LogP contribution in [0.2, 0.25) is 0 Å². The van der Waals surface area contributed by atoms with Gasteiger partial charge in [0, 0.05) is 31.4 Å². The number of urea groups is 1. The average molecular weight is 428 g/mol. The molecule has 0 bridgehead atoms. The molecule has 2 heterocycles. The highest BCUT2D eigenvalue weighted by Gasteiger charge is 2.36. The third-order valence-corrected chi connectivity index (χ3v) is 7.04. The number of nitrogens with one attached hydrogen (secondary N) is 1. The maximum absolute atomic E-state index is 12.7. The van der Waals surface area contributed by atoms with Crippen molar-refractivity contribution in [3.05, 3.63) is 30.3 Å². The predicted molar refractivity (Wildman–Crippen MR) is 117 cm³/mol. The van der Waals surface area contributed by atoms with Gasteiger partial charge in [0.25, 0.3) is 5.91 Å². The molecule has 4 rings (SSSR count). The van der Waals surface area contributed by atoms with Gasteiger partial charge < -0.3 is 19.9 Å². The Bertz CT molecular complexity index is 774. The lowest BCUT2D eigenvalue weighted by Crippen LogP contribution is -2.51. The molecular weight excluding hydrogens is 394 g/mol. The van der Waals surface area contributed by atoms with Crippen LogP contribution >= 0.6 is 0 Å². The third kappa shape index (κ3) is 5.38. The fourth-order valence-electron chi connectivity index (χ4n) is 5.31. The molecular formula is C24H33N3O4. The van der Waals surface area contributed by atoms with Gasteiger partial charge in [-0.2, -0.15) is 0 Å². The molecule has 7 heteroatoms. The Morgan fingerprint density at radius 2 is 1.61 bits per heavy atom. The van der Waals surface area contributed by atoms with E-state index in [1.807, 2.05) is 35.2 Å². The zero-order chi connectivity index (χ0) is 21.6. The Morgan fingerprint density at radius 1 is 0.903 bits per heavy atom. The first-order valence-electron chi connectivity index (χ1n) is 11.7. The standard InChI is InChI=1S/C24H33N3O4/c28-22(27-14-6-8-18-7-4-5-11-21(18)27)17-31-23(29)19-12-15-26(16-13-19)24(30)25-20-9-2-1-3-10-20/h1-3,9-10,18-19,21H,4-8,11-17H2,(H,25,30)/t18-,21-/m1/s1. The van der Waals surface area contributed by atoms with E-state index in [1.54, 1.807) is 4.90 Å². The minimum absolute atomic E-state index is 0.0513. The van der Waals surface area contributed by atoms with Crippen molar-refractivity contribution in [1.29, 1.82) is 0 Å². The molecule has 1 aliphatic carbocycles. The van der Waals surface area contributed by atoms with Crippen LogP contribution in [-0.2, 0) is 14.3 Å². The number of carbonyl (C=O) groups excluding carboxylic acids is 3. The highest BCUT2D eigenvalue weighted by Crippen LogP contribution is 2.35. The van der Waals surface area contributed by atoms with Crippen LogP contribution in [0.25, 0.3) is 0 Å². The van der Waals surface area contributed by atoms with E-state index in [0.717, 1.165) is 25.1 Å². The number of likely N-dealkylation sites (tertiary alicyclic amines) is 2. The van der Waals surface area contributed by atoms with E-state index >= 15 is 0 Å². The largest absolute Gasteiger partial charge is 0.455 e. The summed E-state index contributed by atoms with van der Waals surface area (Å²) in [6, 6.07) is 9.51. The molecule has 7 nitrogen and oxygen atoms in total. The summed E-state index contributed by atoms with van der Waals surface area (Å²) in [5.74, 6) is 0.00386. The molecule has 2 atom stereocenters. The maximum atomic E-state index is 12.7. The SMILES string of the molecule is O=C(OCC(=O)N1CCC[C@H]2CCCC[C@H]21)C1CCN(C(=O)Nc2ccccc2)CC1. The highest BCUT2D eigenvalue weighted by atomic mass is 16.5. The van der Waals surface area contributed by atoms with Crippen molar-refractivity contribution in [3.63, 3.8) is 0 Å². The number of fused-ring (bicyclic) bond motifs is 1. The Kier molecular flexibility index (Phi) is 7.10. The maximum Gasteiger partial charge on any atom is 0.321 e. The molecule has 3 aliphatic rings. The number of nitrogens with zero attached hydrogens (tertiary/aromatic N) is 2. The van der Waals surface area contributed by atoms with Gasteiger partial charge in [0.2, 0.25) is 0 Å². The van der Waals surface area contributed by atoms with E-state index in [4.69, 9.17) is 4.74 Å². The lowest BCUT2D eigenvalue weighted by molar-refractivity contribution is -0.158. The minimum atomic E-state index is -0.311. The summed E-state index contributed by atoms with van der Waals surface area (Å²) in [4.78, 5) is 41.4. The Morgan fingerprint density at radius 3 is 2.39 bits per heavy atom. The molecule has 0 unspecified atom stereocenters. The molecule has 0 radical (unpaired) electrons. The predicted octanol–water partition coefficient (Wildman–Crippen LogP) is 3.65. The van der Waals surface area contributed by atoms with Crippen LogP contribution in [0.3, 0.4) is 0 Å². The van der Waals surface area contributed by atoms with Gasteiger partial charge >= 0.3 is 12.0 Å². The summed E-state index contributed by atoms with van der Waals surface area (Å²) in [5, 5.41) is 2.88. The van der Waals surface area contributed by atoms with Crippen molar-refractivity contribution in [2.24, 2.45) is 11.8 Å². The topological polar surface area (TPSA) is 79.0 Å². The molecule has 2 aliphatic heterocycles. The normalized spacial score (nSPS) is 24.3. The number of esters is 1. The van der Waals surface area contributed by atoms with E-state index in [-0.39, 0.29) is 30.4 Å². The number of amides is 3. The first kappa shape index (κ1) is 21.7. The number of hydrogen-bond acceptors (Lipinski definition) is 4. The quantitative estimate of drug-likeness (QED) is 0.744. The first-order valence-corrected chi connectivity index (χ1v) is 11.7. The van der Waals surface area contributed by atoms with Gasteiger partial charge in [0.1, 0.15) is 0 Å². The van der Waals surface area contributed by atoms with Gasteiger partial charge in [0.15, 0.2) is 6.61 Å². The van der Waals surface area contributed by atoms with E-state index in [0.29, 0.717) is 37.9 Å². The van der Waals surface area contributed by atoms with Crippen LogP contribution in [0.1, 0.15) is 51.4 Å². The second-order valence-electron chi connectivity index (χ2n) is 9.01. The van der Waals surface area contributed by atoms with Crippen molar-refractivity contribution >= 4 is 23.6 Å². The summed E-state index contributed by atoms with van der Waals surface area (Å²) in [7, 11) is 0. The van der Waals surface area contributed by atoms with Crippen molar-refractivity contribution in [3.8, 4) is 0 Å². The fraction of sp³-hybridized carbons (Fsp3) is 0.625. The second-order valence-corrected chi connectivity index (χ2v) is 9.01. The zero-order valence-corrected chi connectivity index (χ0v) is 18.1. The number of piperidine rings is 2. The summed E-state index contributed by atoms with van der Waals surface area (Å²) < 4.78 is 5.42. The van der Waals surface area contributed by atoms with Gasteiger partial charge in [-0.3, -0.25) is 9.59 Å². The van der Waals surface area contributed by atoms with E-state index in [9.17, 15) is 14.4 Å². The smallest absolute Gasteiger partial charge is 0.321 e. The molecule has 0 aromatic heterocycles. The van der Waals surface area contributed by atoms with Crippen LogP contribution in [0.5, 0.6) is 0 Å². The van der Waals surface area contributed by atoms with Crippen molar-refractivity contribution in [1.82, 2.24) is 9.80 Å². The van der Waals surface area contributed by atoms with Crippen molar-refractivity contribution in [2.75, 3.05) is 31.6 Å².